The average Bonchev–Trinajstić information content (AvgIpc) is 2.55. The Balaban J connectivity index is 2.29. The summed E-state index contributed by atoms with van der Waals surface area (Å²) in [5, 5.41) is 0. The van der Waals surface area contributed by atoms with Gasteiger partial charge in [0.2, 0.25) is 0 Å². The second kappa shape index (κ2) is 8.63. The second-order valence-electron chi connectivity index (χ2n) is 7.07. The first-order chi connectivity index (χ1) is 11.5. The van der Waals surface area contributed by atoms with Crippen LogP contribution in [0.2, 0.25) is 0 Å². The van der Waals surface area contributed by atoms with Gasteiger partial charge >= 0.3 is 11.9 Å². The van der Waals surface area contributed by atoms with Crippen molar-refractivity contribution in [1.82, 2.24) is 0 Å². The van der Waals surface area contributed by atoms with Crippen molar-refractivity contribution in [2.45, 2.75) is 59.3 Å². The first kappa shape index (κ1) is 18.9. The van der Waals surface area contributed by atoms with Gasteiger partial charge in [0.1, 0.15) is 5.78 Å². The van der Waals surface area contributed by atoms with Gasteiger partial charge in [-0.05, 0) is 57.8 Å². The molecule has 24 heavy (non-hydrogen) atoms. The number of ketones is 1. The fraction of sp³-hybridized carbons (Fsp3) is 0.842. The third-order valence-electron chi connectivity index (χ3n) is 5.74. The Morgan fingerprint density at radius 2 is 1.50 bits per heavy atom. The molecule has 2 saturated carbocycles. The van der Waals surface area contributed by atoms with Crippen molar-refractivity contribution in [3.8, 4) is 0 Å². The molecule has 2 aliphatic carbocycles. The minimum atomic E-state index is -0.971. The summed E-state index contributed by atoms with van der Waals surface area (Å²) < 4.78 is 10.3. The topological polar surface area (TPSA) is 69.7 Å². The summed E-state index contributed by atoms with van der Waals surface area (Å²) >= 11 is 0. The number of hydrogen-bond acceptors (Lipinski definition) is 5. The van der Waals surface area contributed by atoms with Gasteiger partial charge in [0, 0.05) is 5.92 Å². The molecule has 4 atom stereocenters. The zero-order valence-corrected chi connectivity index (χ0v) is 15.1. The molecule has 0 N–H and O–H groups in total. The van der Waals surface area contributed by atoms with E-state index in [9.17, 15) is 14.4 Å². The average molecular weight is 338 g/mol. The van der Waals surface area contributed by atoms with E-state index in [0.717, 1.165) is 25.7 Å². The summed E-state index contributed by atoms with van der Waals surface area (Å²) in [7, 11) is 0. The van der Waals surface area contributed by atoms with Gasteiger partial charge in [0.25, 0.3) is 0 Å². The zero-order chi connectivity index (χ0) is 17.7. The quantitative estimate of drug-likeness (QED) is 0.549. The van der Waals surface area contributed by atoms with Crippen LogP contribution in [0.4, 0.5) is 0 Å². The maximum Gasteiger partial charge on any atom is 0.320 e. The Kier molecular flexibility index (Phi) is 6.81. The molecule has 0 aliphatic heterocycles. The van der Waals surface area contributed by atoms with Gasteiger partial charge in [-0.15, -0.1) is 0 Å². The van der Waals surface area contributed by atoms with Crippen LogP contribution >= 0.6 is 0 Å². The Morgan fingerprint density at radius 3 is 2.04 bits per heavy atom. The maximum absolute atomic E-state index is 12.5. The molecule has 2 fully saturated rings. The lowest BCUT2D eigenvalue weighted by atomic mass is 9.58. The molecule has 2 rings (SSSR count). The predicted molar refractivity (Wildman–Crippen MR) is 89.1 cm³/mol. The highest BCUT2D eigenvalue weighted by Gasteiger charge is 2.50. The van der Waals surface area contributed by atoms with Crippen LogP contribution in [0.25, 0.3) is 0 Å². The molecule has 5 heteroatoms. The number of Topliss-reactive ketones (excluding diaryl/α,β-unsaturated/α-hetero) is 1. The highest BCUT2D eigenvalue weighted by molar-refractivity contribution is 5.96. The summed E-state index contributed by atoms with van der Waals surface area (Å²) in [5.74, 6) is -1.64. The van der Waals surface area contributed by atoms with E-state index in [4.69, 9.17) is 9.47 Å². The standard InChI is InChI=1S/C19H30O5/c1-4-23-18(21)17(19(22)24-5-2)15-11-10-13-8-6-7-9-14(13)16(15)12(3)20/h13-17H,4-11H2,1-3H3/t13-,14+,15?,16?/m0/s1. The Labute approximate surface area is 144 Å². The molecule has 0 spiro atoms. The van der Waals surface area contributed by atoms with Crippen molar-refractivity contribution in [3.05, 3.63) is 0 Å². The lowest BCUT2D eigenvalue weighted by Crippen LogP contribution is -2.47. The minimum Gasteiger partial charge on any atom is -0.465 e. The van der Waals surface area contributed by atoms with E-state index in [1.165, 1.54) is 6.42 Å². The number of carbonyl (C=O) groups excluding carboxylic acids is 3. The zero-order valence-electron chi connectivity index (χ0n) is 15.1. The molecule has 2 unspecified atom stereocenters. The van der Waals surface area contributed by atoms with Crippen LogP contribution in [-0.2, 0) is 23.9 Å². The van der Waals surface area contributed by atoms with Gasteiger partial charge in [-0.1, -0.05) is 19.3 Å². The number of carbonyl (C=O) groups is 3. The first-order valence-corrected chi connectivity index (χ1v) is 9.34. The van der Waals surface area contributed by atoms with Crippen molar-refractivity contribution >= 4 is 17.7 Å². The van der Waals surface area contributed by atoms with Gasteiger partial charge in [0.15, 0.2) is 5.92 Å². The third-order valence-corrected chi connectivity index (χ3v) is 5.74. The molecular formula is C19H30O5. The van der Waals surface area contributed by atoms with E-state index < -0.39 is 17.9 Å². The molecule has 2 aliphatic rings. The number of ether oxygens (including phenoxy) is 2. The molecule has 0 amide bonds. The molecular weight excluding hydrogens is 308 g/mol. The summed E-state index contributed by atoms with van der Waals surface area (Å²) in [6, 6.07) is 0. The normalized spacial score (nSPS) is 29.7. The molecule has 0 aromatic heterocycles. The predicted octanol–water partition coefficient (Wildman–Crippen LogP) is 3.15. The molecule has 0 heterocycles. The third kappa shape index (κ3) is 3.98. The fourth-order valence-electron chi connectivity index (χ4n) is 4.86. The van der Waals surface area contributed by atoms with Gasteiger partial charge < -0.3 is 9.47 Å². The summed E-state index contributed by atoms with van der Waals surface area (Å²) in [5.41, 5.74) is 0. The van der Waals surface area contributed by atoms with Crippen LogP contribution in [-0.4, -0.2) is 30.9 Å². The van der Waals surface area contributed by atoms with E-state index in [1.54, 1.807) is 20.8 Å². The number of rotatable bonds is 6. The van der Waals surface area contributed by atoms with E-state index in [-0.39, 0.29) is 30.8 Å². The van der Waals surface area contributed by atoms with Crippen LogP contribution in [0.5, 0.6) is 0 Å². The molecule has 0 saturated heterocycles. The molecule has 0 aromatic carbocycles. The molecule has 0 bridgehead atoms. The lowest BCUT2D eigenvalue weighted by molar-refractivity contribution is -0.168. The van der Waals surface area contributed by atoms with Crippen LogP contribution in [0, 0.1) is 29.6 Å². The molecule has 0 radical (unpaired) electrons. The summed E-state index contributed by atoms with van der Waals surface area (Å²) in [4.78, 5) is 37.3. The van der Waals surface area contributed by atoms with Crippen molar-refractivity contribution in [1.29, 1.82) is 0 Å². The Bertz CT molecular complexity index is 454. The van der Waals surface area contributed by atoms with Crippen LogP contribution in [0.3, 0.4) is 0 Å². The highest BCUT2D eigenvalue weighted by Crippen LogP contribution is 2.49. The Hall–Kier alpha value is -1.39. The lowest BCUT2D eigenvalue weighted by Gasteiger charge is -2.46. The van der Waals surface area contributed by atoms with Gasteiger partial charge in [-0.3, -0.25) is 14.4 Å². The van der Waals surface area contributed by atoms with Crippen LogP contribution < -0.4 is 0 Å². The number of hydrogen-bond donors (Lipinski definition) is 0. The largest absolute Gasteiger partial charge is 0.465 e. The molecule has 5 nitrogen and oxygen atoms in total. The van der Waals surface area contributed by atoms with Gasteiger partial charge in [-0.2, -0.15) is 0 Å². The SMILES string of the molecule is CCOC(=O)C(C(=O)OCC)C1CC[C@@H]2CCCC[C@H]2C1C(C)=O. The monoisotopic (exact) mass is 338 g/mol. The minimum absolute atomic E-state index is 0.0928. The van der Waals surface area contributed by atoms with Crippen molar-refractivity contribution < 1.29 is 23.9 Å². The molecule has 136 valence electrons. The highest BCUT2D eigenvalue weighted by atomic mass is 16.6. The van der Waals surface area contributed by atoms with Crippen LogP contribution in [0.1, 0.15) is 59.3 Å². The number of esters is 2. The van der Waals surface area contributed by atoms with Gasteiger partial charge in [-0.25, -0.2) is 0 Å². The first-order valence-electron chi connectivity index (χ1n) is 9.34. The van der Waals surface area contributed by atoms with E-state index >= 15 is 0 Å². The van der Waals surface area contributed by atoms with Gasteiger partial charge in [0.05, 0.1) is 13.2 Å². The maximum atomic E-state index is 12.5. The van der Waals surface area contributed by atoms with Crippen LogP contribution in [0.15, 0.2) is 0 Å². The second-order valence-corrected chi connectivity index (χ2v) is 7.07. The molecule has 0 aromatic rings. The summed E-state index contributed by atoms with van der Waals surface area (Å²) in [6.07, 6.45) is 6.22. The van der Waals surface area contributed by atoms with E-state index in [1.807, 2.05) is 0 Å². The summed E-state index contributed by atoms with van der Waals surface area (Å²) in [6.45, 7) is 5.49. The fourth-order valence-corrected chi connectivity index (χ4v) is 4.86. The van der Waals surface area contributed by atoms with Crippen molar-refractivity contribution in [3.63, 3.8) is 0 Å². The van der Waals surface area contributed by atoms with E-state index in [2.05, 4.69) is 0 Å². The van der Waals surface area contributed by atoms with Crippen molar-refractivity contribution in [2.75, 3.05) is 13.2 Å². The van der Waals surface area contributed by atoms with E-state index in [0.29, 0.717) is 18.3 Å². The number of fused-ring (bicyclic) bond motifs is 1. The smallest absolute Gasteiger partial charge is 0.320 e. The van der Waals surface area contributed by atoms with Crippen molar-refractivity contribution in [2.24, 2.45) is 29.6 Å². The Morgan fingerprint density at radius 1 is 0.917 bits per heavy atom.